The number of aromatic nitrogens is 6. The molecular weight excluding hydrogens is 733 g/mol. The minimum atomic E-state index is -0.390. The van der Waals surface area contributed by atoms with Crippen LogP contribution >= 0.6 is 0 Å². The number of imide groups is 1. The number of anilines is 1. The molecule has 2 aliphatic rings. The zero-order chi connectivity index (χ0) is 40.6. The predicted octanol–water partition coefficient (Wildman–Crippen LogP) is 6.05. The maximum atomic E-state index is 12.9. The van der Waals surface area contributed by atoms with Crippen LogP contribution in [0.5, 0.6) is 0 Å². The number of amides is 3. The Morgan fingerprint density at radius 2 is 1.76 bits per heavy atom. The van der Waals surface area contributed by atoms with Crippen molar-refractivity contribution in [3.63, 3.8) is 0 Å². The van der Waals surface area contributed by atoms with Crippen molar-refractivity contribution in [2.75, 3.05) is 37.6 Å². The van der Waals surface area contributed by atoms with Crippen LogP contribution in [0.3, 0.4) is 0 Å². The van der Waals surface area contributed by atoms with E-state index in [0.717, 1.165) is 89.4 Å². The molecule has 14 heteroatoms. The van der Waals surface area contributed by atoms with E-state index in [9.17, 15) is 14.4 Å². The number of hydrogen-bond donors (Lipinski definition) is 3. The molecule has 2 fully saturated rings. The van der Waals surface area contributed by atoms with Crippen molar-refractivity contribution in [1.82, 2.24) is 45.8 Å². The number of nitrogens with one attached hydrogen (secondary N) is 3. The first-order valence-corrected chi connectivity index (χ1v) is 19.9. The highest BCUT2D eigenvalue weighted by molar-refractivity contribution is 6.01. The number of piperidine rings is 1. The Morgan fingerprint density at radius 3 is 2.45 bits per heavy atom. The van der Waals surface area contributed by atoms with Gasteiger partial charge in [0.1, 0.15) is 0 Å². The molecule has 0 bridgehead atoms. The summed E-state index contributed by atoms with van der Waals surface area (Å²) in [5, 5.41) is 17.9. The molecule has 3 amide bonds. The van der Waals surface area contributed by atoms with Gasteiger partial charge in [0, 0.05) is 67.3 Å². The molecule has 0 radical (unpaired) electrons. The number of hydrogen-bond acceptors (Lipinski definition) is 11. The number of rotatable bonds is 10. The van der Waals surface area contributed by atoms with Crippen molar-refractivity contribution in [2.45, 2.75) is 71.3 Å². The molecule has 2 aromatic carbocycles. The Kier molecular flexibility index (Phi) is 10.6. The maximum absolute atomic E-state index is 12.9. The van der Waals surface area contributed by atoms with Crippen LogP contribution in [0.4, 0.5) is 5.69 Å². The molecule has 8 rings (SSSR count). The van der Waals surface area contributed by atoms with Crippen LogP contribution in [0.25, 0.3) is 33.5 Å². The van der Waals surface area contributed by atoms with E-state index in [0.29, 0.717) is 24.4 Å². The minimum Gasteiger partial charge on any atom is -0.368 e. The van der Waals surface area contributed by atoms with Gasteiger partial charge in [0.05, 0.1) is 35.2 Å². The fourth-order valence-corrected chi connectivity index (χ4v) is 7.73. The van der Waals surface area contributed by atoms with Crippen molar-refractivity contribution >= 4 is 34.4 Å². The first-order valence-electron chi connectivity index (χ1n) is 19.9. The van der Waals surface area contributed by atoms with Crippen LogP contribution in [0.1, 0.15) is 91.3 Å². The largest absolute Gasteiger partial charge is 0.368 e. The monoisotopic (exact) mass is 780 g/mol. The average Bonchev–Trinajstić information content (AvgIpc) is 3.89. The van der Waals surface area contributed by atoms with E-state index < -0.39 is 0 Å². The number of carbonyl (C=O) groups is 3. The summed E-state index contributed by atoms with van der Waals surface area (Å²) in [6.07, 6.45) is 5.65. The van der Waals surface area contributed by atoms with Crippen molar-refractivity contribution in [3.8, 4) is 22.5 Å². The van der Waals surface area contributed by atoms with Gasteiger partial charge in [0.15, 0.2) is 5.65 Å². The van der Waals surface area contributed by atoms with E-state index in [1.54, 1.807) is 0 Å². The fraction of sp³-hybridized carbons (Fsp3) is 0.364. The standard InChI is InChI=1S/C44H48N10O4/c1-26-22-30(10-12-33(26)27(2)47-42(57)40-49-43(58-52-40)44(3,4)5)38-35-23-31(24-46-39(35)51-50-38)36-14-11-32(25-45-36)54-20-18-53(19-21-54)17-16-28-6-8-29(9-7-28)34-13-15-37(55)48-41(34)56/h6-12,14,22-25,27,34H,13,15-21H2,1-5H3,(H,47,57)(H,46,50,51)(H,48,55,56)/t27-,34+/m1/s1. The highest BCUT2D eigenvalue weighted by atomic mass is 16.5. The molecule has 0 saturated carbocycles. The molecule has 14 nitrogen and oxygen atoms in total. The Bertz CT molecular complexity index is 2460. The second-order valence-electron chi connectivity index (χ2n) is 16.4. The summed E-state index contributed by atoms with van der Waals surface area (Å²) in [6, 6.07) is 20.4. The van der Waals surface area contributed by atoms with Crippen molar-refractivity contribution < 1.29 is 18.9 Å². The molecule has 6 heterocycles. The smallest absolute Gasteiger partial charge is 0.293 e. The van der Waals surface area contributed by atoms with E-state index >= 15 is 0 Å². The van der Waals surface area contributed by atoms with Crippen molar-refractivity contribution in [1.29, 1.82) is 0 Å². The first-order chi connectivity index (χ1) is 27.9. The highest BCUT2D eigenvalue weighted by Crippen LogP contribution is 2.32. The third kappa shape index (κ3) is 8.23. The summed E-state index contributed by atoms with van der Waals surface area (Å²) in [6.45, 7) is 14.5. The molecular formula is C44H48N10O4. The lowest BCUT2D eigenvalue weighted by molar-refractivity contribution is -0.134. The number of fused-ring (bicyclic) bond motifs is 1. The summed E-state index contributed by atoms with van der Waals surface area (Å²) >= 11 is 0. The normalized spacial score (nSPS) is 17.1. The number of piperazine rings is 1. The number of nitrogens with zero attached hydrogens (tertiary/aromatic N) is 7. The topological polar surface area (TPSA) is 175 Å². The van der Waals surface area contributed by atoms with Crippen molar-refractivity contribution in [3.05, 3.63) is 107 Å². The van der Waals surface area contributed by atoms with Gasteiger partial charge < -0.3 is 14.7 Å². The third-order valence-electron chi connectivity index (χ3n) is 11.2. The summed E-state index contributed by atoms with van der Waals surface area (Å²) in [4.78, 5) is 55.3. The number of pyridine rings is 2. The van der Waals surface area contributed by atoms with E-state index in [-0.39, 0.29) is 40.9 Å². The van der Waals surface area contributed by atoms with Gasteiger partial charge in [-0.2, -0.15) is 10.1 Å². The summed E-state index contributed by atoms with van der Waals surface area (Å²) in [7, 11) is 0. The molecule has 3 N–H and O–H groups in total. The second-order valence-corrected chi connectivity index (χ2v) is 16.4. The molecule has 2 saturated heterocycles. The Morgan fingerprint density at radius 1 is 0.966 bits per heavy atom. The lowest BCUT2D eigenvalue weighted by Gasteiger charge is -2.36. The van der Waals surface area contributed by atoms with E-state index in [1.807, 2.05) is 71.3 Å². The molecule has 4 aromatic heterocycles. The van der Waals surface area contributed by atoms with Gasteiger partial charge in [-0.3, -0.25) is 34.7 Å². The lowest BCUT2D eigenvalue weighted by atomic mass is 9.90. The Balaban J connectivity index is 0.865. The molecule has 6 aromatic rings. The van der Waals surface area contributed by atoms with Crippen LogP contribution in [0.2, 0.25) is 0 Å². The van der Waals surface area contributed by atoms with Crippen LogP contribution < -0.4 is 15.5 Å². The van der Waals surface area contributed by atoms with Gasteiger partial charge in [-0.25, -0.2) is 4.98 Å². The second kappa shape index (κ2) is 15.9. The van der Waals surface area contributed by atoms with Crippen LogP contribution in [-0.4, -0.2) is 85.7 Å². The van der Waals surface area contributed by atoms with Crippen LogP contribution in [-0.2, 0) is 21.4 Å². The molecule has 0 aliphatic carbocycles. The summed E-state index contributed by atoms with van der Waals surface area (Å²) < 4.78 is 5.30. The minimum absolute atomic E-state index is 0.0166. The van der Waals surface area contributed by atoms with E-state index in [2.05, 4.69) is 82.2 Å². The predicted molar refractivity (Wildman–Crippen MR) is 220 cm³/mol. The van der Waals surface area contributed by atoms with Gasteiger partial charge in [0.25, 0.3) is 11.7 Å². The summed E-state index contributed by atoms with van der Waals surface area (Å²) in [5.41, 5.74) is 9.11. The number of aromatic amines is 1. The molecule has 2 atom stereocenters. The van der Waals surface area contributed by atoms with E-state index in [4.69, 9.17) is 9.51 Å². The SMILES string of the molecule is Cc1cc(-c2[nH]nc3ncc(-c4ccc(N5CCN(CCc6ccc([C@@H]7CCC(=O)NC7=O)cc6)CC5)cn4)cc23)ccc1[C@@H](C)NC(=O)c1noc(C(C)(C)C)n1. The van der Waals surface area contributed by atoms with Crippen LogP contribution in [0, 0.1) is 6.92 Å². The van der Waals surface area contributed by atoms with Gasteiger partial charge >= 0.3 is 0 Å². The molecule has 0 unspecified atom stereocenters. The van der Waals surface area contributed by atoms with Crippen LogP contribution in [0.15, 0.2) is 77.6 Å². The molecule has 0 spiro atoms. The number of benzene rings is 2. The van der Waals surface area contributed by atoms with Gasteiger partial charge in [-0.05, 0) is 73.2 Å². The molecule has 58 heavy (non-hydrogen) atoms. The third-order valence-corrected chi connectivity index (χ3v) is 11.2. The first kappa shape index (κ1) is 38.6. The highest BCUT2D eigenvalue weighted by Gasteiger charge is 2.28. The quantitative estimate of drug-likeness (QED) is 0.138. The fourth-order valence-electron chi connectivity index (χ4n) is 7.73. The molecule has 2 aliphatic heterocycles. The zero-order valence-electron chi connectivity index (χ0n) is 33.5. The van der Waals surface area contributed by atoms with Gasteiger partial charge in [0.2, 0.25) is 17.7 Å². The maximum Gasteiger partial charge on any atom is 0.293 e. The Labute approximate surface area is 336 Å². The zero-order valence-corrected chi connectivity index (χ0v) is 33.5. The summed E-state index contributed by atoms with van der Waals surface area (Å²) in [5.74, 6) is -0.593. The number of H-pyrrole nitrogens is 1. The lowest BCUT2D eigenvalue weighted by Crippen LogP contribution is -2.47. The van der Waals surface area contributed by atoms with E-state index in [1.165, 1.54) is 5.56 Å². The average molecular weight is 781 g/mol. The van der Waals surface area contributed by atoms with Crippen molar-refractivity contribution in [2.24, 2.45) is 0 Å². The number of aryl methyl sites for hydroxylation is 1. The Hall–Kier alpha value is -6.28. The van der Waals surface area contributed by atoms with Gasteiger partial charge in [-0.1, -0.05) is 62.3 Å². The number of carbonyl (C=O) groups excluding carboxylic acids is 3. The molecule has 298 valence electrons. The van der Waals surface area contributed by atoms with Gasteiger partial charge in [-0.15, -0.1) is 0 Å².